The van der Waals surface area contributed by atoms with E-state index in [-0.39, 0.29) is 11.9 Å². The number of hydrogen-bond acceptors (Lipinski definition) is 5. The van der Waals surface area contributed by atoms with E-state index >= 15 is 0 Å². The normalized spacial score (nSPS) is 20.1. The number of allylic oxidation sites excluding steroid dienone is 1. The summed E-state index contributed by atoms with van der Waals surface area (Å²) in [6.07, 6.45) is 3.47. The molecule has 1 spiro atoms. The van der Waals surface area contributed by atoms with Gasteiger partial charge in [-0.1, -0.05) is 6.58 Å². The number of nitrogens with one attached hydrogen (secondary N) is 1. The summed E-state index contributed by atoms with van der Waals surface area (Å²) in [4.78, 5) is 17.5. The number of ether oxygens (including phenoxy) is 1. The maximum atomic E-state index is 12.9. The molecule has 1 atom stereocenters. The topological polar surface area (TPSA) is 68.6 Å². The van der Waals surface area contributed by atoms with Gasteiger partial charge in [-0.15, -0.1) is 0 Å². The fourth-order valence-electron chi connectivity index (χ4n) is 5.44. The highest BCUT2D eigenvalue weighted by atomic mass is 16.5. The summed E-state index contributed by atoms with van der Waals surface area (Å²) >= 11 is 0. The van der Waals surface area contributed by atoms with Gasteiger partial charge in [0.25, 0.3) is 0 Å². The van der Waals surface area contributed by atoms with Crippen LogP contribution < -0.4 is 15.0 Å². The molecule has 1 unspecified atom stereocenters. The summed E-state index contributed by atoms with van der Waals surface area (Å²) in [5, 5.41) is 12.3. The van der Waals surface area contributed by atoms with Gasteiger partial charge in [0.05, 0.1) is 17.0 Å². The molecule has 33 heavy (non-hydrogen) atoms. The molecule has 3 aliphatic rings. The molecule has 0 aliphatic carbocycles. The van der Waals surface area contributed by atoms with Crippen molar-refractivity contribution in [3.05, 3.63) is 65.4 Å². The number of rotatable bonds is 4. The molecule has 5 rings (SSSR count). The fraction of sp³-hybridized carbons (Fsp3) is 0.407. The van der Waals surface area contributed by atoms with Crippen molar-refractivity contribution in [2.24, 2.45) is 0 Å². The number of fused-ring (bicyclic) bond motifs is 3. The molecule has 0 radical (unpaired) electrons. The second kappa shape index (κ2) is 8.24. The number of nitriles is 1. The number of piperidine rings is 1. The minimum absolute atomic E-state index is 0.0675. The van der Waals surface area contributed by atoms with Gasteiger partial charge in [0.2, 0.25) is 5.91 Å². The first-order valence-corrected chi connectivity index (χ1v) is 11.7. The van der Waals surface area contributed by atoms with Crippen LogP contribution in [0.1, 0.15) is 42.9 Å². The zero-order valence-corrected chi connectivity index (χ0v) is 19.4. The van der Waals surface area contributed by atoms with E-state index in [9.17, 15) is 10.1 Å². The van der Waals surface area contributed by atoms with E-state index in [2.05, 4.69) is 53.9 Å². The zero-order valence-electron chi connectivity index (χ0n) is 19.4. The fourth-order valence-corrected chi connectivity index (χ4v) is 5.44. The molecule has 1 amide bonds. The molecular formula is C27H30N4O2. The molecule has 170 valence electrons. The molecule has 2 aromatic carbocycles. The van der Waals surface area contributed by atoms with Crippen molar-refractivity contribution in [1.82, 2.24) is 4.90 Å². The van der Waals surface area contributed by atoms with Gasteiger partial charge in [0.1, 0.15) is 12.4 Å². The Kier molecular flexibility index (Phi) is 5.38. The van der Waals surface area contributed by atoms with Gasteiger partial charge >= 0.3 is 0 Å². The van der Waals surface area contributed by atoms with Crippen LogP contribution in [0, 0.1) is 11.3 Å². The number of anilines is 2. The SMILES string of the molecule is C=C1CCc2cc(OCC(C)N3CCC4(CC3)C(=O)Nc3ccc(C#N)cc34)ccc2N1C. The van der Waals surface area contributed by atoms with Gasteiger partial charge in [0.15, 0.2) is 0 Å². The van der Waals surface area contributed by atoms with E-state index in [0.29, 0.717) is 12.2 Å². The molecule has 0 aromatic heterocycles. The number of likely N-dealkylation sites (tertiary alicyclic amines) is 1. The smallest absolute Gasteiger partial charge is 0.235 e. The molecular weight excluding hydrogens is 412 g/mol. The summed E-state index contributed by atoms with van der Waals surface area (Å²) in [5.41, 5.74) is 5.58. The number of nitrogens with zero attached hydrogens (tertiary/aromatic N) is 3. The average molecular weight is 443 g/mol. The maximum Gasteiger partial charge on any atom is 0.235 e. The summed E-state index contributed by atoms with van der Waals surface area (Å²) in [5.74, 6) is 0.973. The molecule has 1 fully saturated rings. The Morgan fingerprint density at radius 1 is 1.21 bits per heavy atom. The minimum Gasteiger partial charge on any atom is -0.492 e. The lowest BCUT2D eigenvalue weighted by Gasteiger charge is -2.40. The number of carbonyl (C=O) groups excluding carboxylic acids is 1. The van der Waals surface area contributed by atoms with E-state index < -0.39 is 5.41 Å². The maximum absolute atomic E-state index is 12.9. The van der Waals surface area contributed by atoms with Crippen LogP contribution in [0.4, 0.5) is 11.4 Å². The molecule has 6 nitrogen and oxygen atoms in total. The van der Waals surface area contributed by atoms with Crippen LogP contribution in [-0.2, 0) is 16.6 Å². The highest BCUT2D eigenvalue weighted by Gasteiger charge is 2.48. The Labute approximate surface area is 195 Å². The van der Waals surface area contributed by atoms with Crippen LogP contribution in [0.5, 0.6) is 5.75 Å². The van der Waals surface area contributed by atoms with Crippen LogP contribution in [-0.4, -0.2) is 43.6 Å². The molecule has 3 aliphatic heterocycles. The Balaban J connectivity index is 1.22. The van der Waals surface area contributed by atoms with Crippen LogP contribution in [0.3, 0.4) is 0 Å². The van der Waals surface area contributed by atoms with Gasteiger partial charge in [-0.3, -0.25) is 9.69 Å². The highest BCUT2D eigenvalue weighted by Crippen LogP contribution is 2.45. The first kappa shape index (κ1) is 21.5. The van der Waals surface area contributed by atoms with Gasteiger partial charge in [0, 0.05) is 30.2 Å². The Morgan fingerprint density at radius 3 is 2.76 bits per heavy atom. The van der Waals surface area contributed by atoms with E-state index in [1.54, 1.807) is 6.07 Å². The van der Waals surface area contributed by atoms with Gasteiger partial charge in [-0.05, 0) is 93.2 Å². The third-order valence-corrected chi connectivity index (χ3v) is 7.68. The molecule has 3 heterocycles. The van der Waals surface area contributed by atoms with E-state index in [1.807, 2.05) is 18.2 Å². The Hall–Kier alpha value is -3.30. The molecule has 1 saturated heterocycles. The largest absolute Gasteiger partial charge is 0.492 e. The van der Waals surface area contributed by atoms with E-state index in [1.165, 1.54) is 11.3 Å². The van der Waals surface area contributed by atoms with E-state index in [4.69, 9.17) is 4.74 Å². The van der Waals surface area contributed by atoms with Crippen molar-refractivity contribution >= 4 is 17.3 Å². The second-order valence-electron chi connectivity index (χ2n) is 9.52. The van der Waals surface area contributed by atoms with Crippen molar-refractivity contribution in [2.45, 2.75) is 44.1 Å². The van der Waals surface area contributed by atoms with Crippen molar-refractivity contribution in [3.63, 3.8) is 0 Å². The third-order valence-electron chi connectivity index (χ3n) is 7.68. The van der Waals surface area contributed by atoms with Gasteiger partial charge < -0.3 is 15.0 Å². The average Bonchev–Trinajstić information content (AvgIpc) is 3.10. The van der Waals surface area contributed by atoms with Crippen molar-refractivity contribution < 1.29 is 9.53 Å². The van der Waals surface area contributed by atoms with Crippen molar-refractivity contribution in [1.29, 1.82) is 5.26 Å². The summed E-state index contributed by atoms with van der Waals surface area (Å²) in [6.45, 7) is 8.57. The first-order valence-electron chi connectivity index (χ1n) is 11.7. The lowest BCUT2D eigenvalue weighted by atomic mass is 9.73. The Bertz CT molecular complexity index is 1160. The summed E-state index contributed by atoms with van der Waals surface area (Å²) < 4.78 is 6.18. The Morgan fingerprint density at radius 2 is 2.00 bits per heavy atom. The van der Waals surface area contributed by atoms with E-state index in [0.717, 1.165) is 61.5 Å². The third kappa shape index (κ3) is 3.67. The van der Waals surface area contributed by atoms with Crippen LogP contribution in [0.25, 0.3) is 0 Å². The number of hydrogen-bond donors (Lipinski definition) is 1. The molecule has 0 saturated carbocycles. The standard InChI is InChI=1S/C27H30N4O2/c1-18-4-6-21-15-22(7-9-25(21)30(18)3)33-17-19(2)31-12-10-27(11-13-31)23-14-20(16-28)5-8-24(23)29-26(27)32/h5,7-9,14-15,19H,1,4,6,10-13,17H2,2-3H3,(H,29,32). The molecule has 1 N–H and O–H groups in total. The predicted octanol–water partition coefficient (Wildman–Crippen LogP) is 4.21. The lowest BCUT2D eigenvalue weighted by Crippen LogP contribution is -2.50. The van der Waals surface area contributed by atoms with Crippen molar-refractivity contribution in [2.75, 3.05) is 37.0 Å². The minimum atomic E-state index is -0.520. The van der Waals surface area contributed by atoms with Crippen LogP contribution in [0.2, 0.25) is 0 Å². The molecule has 2 aromatic rings. The predicted molar refractivity (Wildman–Crippen MR) is 130 cm³/mol. The number of aryl methyl sites for hydroxylation is 1. The zero-order chi connectivity index (χ0) is 23.2. The quantitative estimate of drug-likeness (QED) is 0.768. The molecule has 6 heteroatoms. The van der Waals surface area contributed by atoms with Crippen LogP contribution >= 0.6 is 0 Å². The summed E-state index contributed by atoms with van der Waals surface area (Å²) in [7, 11) is 2.07. The first-order chi connectivity index (χ1) is 15.9. The summed E-state index contributed by atoms with van der Waals surface area (Å²) in [6, 6.07) is 14.3. The second-order valence-corrected chi connectivity index (χ2v) is 9.52. The molecule has 0 bridgehead atoms. The monoisotopic (exact) mass is 442 g/mol. The van der Waals surface area contributed by atoms with Crippen LogP contribution in [0.15, 0.2) is 48.7 Å². The lowest BCUT2D eigenvalue weighted by molar-refractivity contribution is -0.122. The number of carbonyl (C=O) groups is 1. The number of amides is 1. The number of benzene rings is 2. The highest BCUT2D eigenvalue weighted by molar-refractivity contribution is 6.06. The van der Waals surface area contributed by atoms with Gasteiger partial charge in [-0.25, -0.2) is 0 Å². The van der Waals surface area contributed by atoms with Gasteiger partial charge in [-0.2, -0.15) is 5.26 Å². The van der Waals surface area contributed by atoms with Crippen molar-refractivity contribution in [3.8, 4) is 11.8 Å².